The van der Waals surface area contributed by atoms with Crippen LogP contribution < -0.4 is 5.48 Å². The number of halogens is 1. The quantitative estimate of drug-likeness (QED) is 0.670. The predicted octanol–water partition coefficient (Wildman–Crippen LogP) is 2.59. The number of amides is 1. The lowest BCUT2D eigenvalue weighted by atomic mass is 10.2. The van der Waals surface area contributed by atoms with Crippen LogP contribution in [0.2, 0.25) is 0 Å². The molecular weight excluding hydrogens is 330 g/mol. The molecule has 0 aliphatic carbocycles. The van der Waals surface area contributed by atoms with Gasteiger partial charge in [-0.1, -0.05) is 12.1 Å². The third kappa shape index (κ3) is 3.45. The zero-order valence-corrected chi connectivity index (χ0v) is 12.3. The Hall–Kier alpha value is -1.67. The number of likely N-dealkylation sites (tertiary alicyclic amines) is 1. The molecule has 2 rings (SSSR count). The smallest absolute Gasteiger partial charge is 0.353 e. The summed E-state index contributed by atoms with van der Waals surface area (Å²) in [5, 5.41) is 11.0. The number of nitrogens with one attached hydrogen (secondary N) is 1. The molecule has 0 aromatic heterocycles. The molecule has 1 aliphatic heterocycles. The molecule has 1 aromatic rings. The number of rotatable bonds is 4. The molecule has 1 saturated heterocycles. The van der Waals surface area contributed by atoms with E-state index in [-0.39, 0.29) is 12.2 Å². The number of hydrogen-bond acceptors (Lipinski definition) is 5. The van der Waals surface area contributed by atoms with Gasteiger partial charge in [-0.3, -0.25) is 10.1 Å². The summed E-state index contributed by atoms with van der Waals surface area (Å²) in [6.45, 7) is 1.46. The second kappa shape index (κ2) is 6.67. The van der Waals surface area contributed by atoms with E-state index in [1.54, 1.807) is 23.1 Å². The van der Waals surface area contributed by atoms with E-state index in [1.165, 1.54) is 0 Å². The van der Waals surface area contributed by atoms with Crippen LogP contribution in [-0.2, 0) is 11.4 Å². The Morgan fingerprint density at radius 1 is 1.45 bits per heavy atom. The fraction of sp³-hybridized carbons (Fsp3) is 0.417. The van der Waals surface area contributed by atoms with Crippen LogP contribution in [0.3, 0.4) is 0 Å². The van der Waals surface area contributed by atoms with Crippen molar-refractivity contribution in [3.8, 4) is 0 Å². The third-order valence-electron chi connectivity index (χ3n) is 3.04. The van der Waals surface area contributed by atoms with Crippen molar-refractivity contribution >= 4 is 27.7 Å². The van der Waals surface area contributed by atoms with Crippen LogP contribution in [-0.4, -0.2) is 29.0 Å². The molecular formula is C12H14BrN3O4. The normalized spacial score (nSPS) is 14.3. The van der Waals surface area contributed by atoms with Gasteiger partial charge < -0.3 is 9.74 Å². The first-order chi connectivity index (χ1) is 9.59. The molecule has 20 heavy (non-hydrogen) atoms. The Morgan fingerprint density at radius 2 is 2.15 bits per heavy atom. The van der Waals surface area contributed by atoms with E-state index in [0.29, 0.717) is 23.1 Å². The van der Waals surface area contributed by atoms with Gasteiger partial charge in [0.1, 0.15) is 0 Å². The summed E-state index contributed by atoms with van der Waals surface area (Å²) >= 11 is 3.14. The van der Waals surface area contributed by atoms with Gasteiger partial charge in [-0.2, -0.15) is 0 Å². The number of carbonyl (C=O) groups is 1. The van der Waals surface area contributed by atoms with Crippen molar-refractivity contribution in [2.75, 3.05) is 13.1 Å². The van der Waals surface area contributed by atoms with Gasteiger partial charge in [0.05, 0.1) is 15.9 Å². The van der Waals surface area contributed by atoms with Gasteiger partial charge in [-0.05, 0) is 34.8 Å². The van der Waals surface area contributed by atoms with E-state index in [9.17, 15) is 14.9 Å². The van der Waals surface area contributed by atoms with Crippen LogP contribution in [0.1, 0.15) is 18.4 Å². The molecule has 8 heteroatoms. The highest BCUT2D eigenvalue weighted by Gasteiger charge is 2.21. The number of hydroxylamine groups is 1. The van der Waals surface area contributed by atoms with Crippen molar-refractivity contribution in [1.82, 2.24) is 10.4 Å². The number of nitro benzene ring substituents is 1. The van der Waals surface area contributed by atoms with Gasteiger partial charge >= 0.3 is 6.09 Å². The van der Waals surface area contributed by atoms with Crippen molar-refractivity contribution in [3.05, 3.63) is 38.3 Å². The fourth-order valence-corrected chi connectivity index (χ4v) is 2.60. The van der Waals surface area contributed by atoms with E-state index in [4.69, 9.17) is 4.84 Å². The van der Waals surface area contributed by atoms with Gasteiger partial charge in [-0.15, -0.1) is 5.48 Å². The summed E-state index contributed by atoms with van der Waals surface area (Å²) in [4.78, 5) is 28.6. The zero-order valence-electron chi connectivity index (χ0n) is 10.7. The van der Waals surface area contributed by atoms with Crippen LogP contribution >= 0.6 is 15.9 Å². The molecule has 1 N–H and O–H groups in total. The Morgan fingerprint density at radius 3 is 2.80 bits per heavy atom. The Balaban J connectivity index is 1.92. The minimum Gasteiger partial charge on any atom is -0.353 e. The molecule has 108 valence electrons. The number of hydrogen-bond donors (Lipinski definition) is 1. The molecule has 0 spiro atoms. The minimum atomic E-state index is -0.469. The maximum atomic E-state index is 11.6. The molecule has 1 aromatic carbocycles. The average molecular weight is 344 g/mol. The van der Waals surface area contributed by atoms with Gasteiger partial charge in [-0.25, -0.2) is 4.79 Å². The lowest BCUT2D eigenvalue weighted by Crippen LogP contribution is -2.32. The fourth-order valence-electron chi connectivity index (χ4n) is 2.05. The lowest BCUT2D eigenvalue weighted by molar-refractivity contribution is -0.386. The number of benzene rings is 1. The summed E-state index contributed by atoms with van der Waals surface area (Å²) < 4.78 is 0.396. The van der Waals surface area contributed by atoms with E-state index in [0.717, 1.165) is 12.8 Å². The van der Waals surface area contributed by atoms with E-state index in [1.807, 2.05) is 0 Å². The van der Waals surface area contributed by atoms with Crippen molar-refractivity contribution < 1.29 is 14.6 Å². The lowest BCUT2D eigenvalue weighted by Gasteiger charge is -2.14. The number of carbonyl (C=O) groups excluding carboxylic acids is 1. The molecule has 1 fully saturated rings. The van der Waals surface area contributed by atoms with Crippen LogP contribution in [0.4, 0.5) is 10.5 Å². The maximum absolute atomic E-state index is 11.6. The third-order valence-corrected chi connectivity index (χ3v) is 3.68. The monoisotopic (exact) mass is 343 g/mol. The number of nitro groups is 1. The van der Waals surface area contributed by atoms with E-state index in [2.05, 4.69) is 21.4 Å². The molecule has 0 bridgehead atoms. The van der Waals surface area contributed by atoms with E-state index < -0.39 is 11.0 Å². The van der Waals surface area contributed by atoms with Crippen LogP contribution in [0.25, 0.3) is 0 Å². The second-order valence-electron chi connectivity index (χ2n) is 4.39. The molecule has 0 saturated carbocycles. The highest BCUT2D eigenvalue weighted by Crippen LogP contribution is 2.28. The van der Waals surface area contributed by atoms with Gasteiger partial charge in [0.25, 0.3) is 5.69 Å². The molecule has 7 nitrogen and oxygen atoms in total. The van der Waals surface area contributed by atoms with Crippen LogP contribution in [0.15, 0.2) is 22.7 Å². The Labute approximate surface area is 124 Å². The maximum Gasteiger partial charge on any atom is 0.428 e. The number of para-hydroxylation sites is 1. The highest BCUT2D eigenvalue weighted by molar-refractivity contribution is 9.10. The average Bonchev–Trinajstić information content (AvgIpc) is 2.92. The Bertz CT molecular complexity index is 517. The first-order valence-corrected chi connectivity index (χ1v) is 6.99. The Kier molecular flexibility index (Phi) is 4.91. The highest BCUT2D eigenvalue weighted by atomic mass is 79.9. The topological polar surface area (TPSA) is 84.7 Å². The first-order valence-electron chi connectivity index (χ1n) is 6.20. The summed E-state index contributed by atoms with van der Waals surface area (Å²) in [5.74, 6) is 0. The van der Waals surface area contributed by atoms with Crippen LogP contribution in [0.5, 0.6) is 0 Å². The molecule has 1 amide bonds. The van der Waals surface area contributed by atoms with Crippen molar-refractivity contribution in [2.45, 2.75) is 19.4 Å². The summed E-state index contributed by atoms with van der Waals surface area (Å²) in [7, 11) is 0. The summed E-state index contributed by atoms with van der Waals surface area (Å²) in [5.41, 5.74) is 2.90. The first kappa shape index (κ1) is 14.7. The molecule has 0 unspecified atom stereocenters. The zero-order chi connectivity index (χ0) is 14.5. The summed E-state index contributed by atoms with van der Waals surface area (Å²) in [6.07, 6.45) is 1.51. The largest absolute Gasteiger partial charge is 0.428 e. The van der Waals surface area contributed by atoms with Crippen molar-refractivity contribution in [3.63, 3.8) is 0 Å². The van der Waals surface area contributed by atoms with Crippen molar-refractivity contribution in [1.29, 1.82) is 0 Å². The standard InChI is InChI=1S/C12H14BrN3O4/c13-10-5-3-4-9(11(10)16(18)19)8-14-20-12(17)15-6-1-2-7-15/h3-5,14H,1-2,6-8H2. The predicted molar refractivity (Wildman–Crippen MR) is 74.9 cm³/mol. The van der Waals surface area contributed by atoms with E-state index >= 15 is 0 Å². The SMILES string of the molecule is O=C(ONCc1cccc(Br)c1[N+](=O)[O-])N1CCCC1. The van der Waals surface area contributed by atoms with Gasteiger partial charge in [0.15, 0.2) is 0 Å². The van der Waals surface area contributed by atoms with Crippen LogP contribution in [0, 0.1) is 10.1 Å². The van der Waals surface area contributed by atoms with Gasteiger partial charge in [0.2, 0.25) is 0 Å². The minimum absolute atomic E-state index is 0.0304. The van der Waals surface area contributed by atoms with Gasteiger partial charge in [0, 0.05) is 18.7 Å². The van der Waals surface area contributed by atoms with Crippen molar-refractivity contribution in [2.24, 2.45) is 0 Å². The summed E-state index contributed by atoms with van der Waals surface area (Å²) in [6, 6.07) is 4.90. The molecule has 0 atom stereocenters. The number of nitrogens with zero attached hydrogens (tertiary/aromatic N) is 2. The molecule has 1 aliphatic rings. The molecule has 0 radical (unpaired) electrons. The molecule has 1 heterocycles. The second-order valence-corrected chi connectivity index (χ2v) is 5.24.